The van der Waals surface area contributed by atoms with Crippen molar-refractivity contribution in [3.63, 3.8) is 0 Å². The van der Waals surface area contributed by atoms with Gasteiger partial charge in [-0.2, -0.15) is 0 Å². The molecular weight excluding hydrogens is 104 g/mol. The summed E-state index contributed by atoms with van der Waals surface area (Å²) in [6.07, 6.45) is 2.15. The highest BCUT2D eigenvalue weighted by Crippen LogP contribution is 2.06. The minimum absolute atomic E-state index is 0.333. The quantitative estimate of drug-likeness (QED) is 0.520. The zero-order valence-corrected chi connectivity index (χ0v) is 5.96. The van der Waals surface area contributed by atoms with E-state index in [1.807, 2.05) is 6.92 Å². The van der Waals surface area contributed by atoms with Gasteiger partial charge in [0.1, 0.15) is 0 Å². The lowest BCUT2D eigenvalue weighted by atomic mass is 10.1. The van der Waals surface area contributed by atoms with E-state index in [9.17, 15) is 0 Å². The Kier molecular flexibility index (Phi) is 3.53. The van der Waals surface area contributed by atoms with Gasteiger partial charge in [0, 0.05) is 5.25 Å². The van der Waals surface area contributed by atoms with Gasteiger partial charge in [0.05, 0.1) is 0 Å². The van der Waals surface area contributed by atoms with Crippen LogP contribution in [0.15, 0.2) is 0 Å². The van der Waals surface area contributed by atoms with E-state index in [0.29, 0.717) is 11.2 Å². The lowest BCUT2D eigenvalue weighted by Gasteiger charge is -2.03. The number of hydrogen-bond acceptors (Lipinski definition) is 0. The molecular formula is C6H12S. The van der Waals surface area contributed by atoms with Gasteiger partial charge in [-0.25, -0.2) is 0 Å². The maximum atomic E-state index is 4.90. The van der Waals surface area contributed by atoms with Gasteiger partial charge >= 0.3 is 0 Å². The van der Waals surface area contributed by atoms with Gasteiger partial charge in [-0.3, -0.25) is 0 Å². The molecule has 0 nitrogen and oxygen atoms in total. The summed E-state index contributed by atoms with van der Waals surface area (Å²) in [5.41, 5.74) is 0. The summed E-state index contributed by atoms with van der Waals surface area (Å²) in [6, 6.07) is 0. The summed E-state index contributed by atoms with van der Waals surface area (Å²) in [7, 11) is 0. The van der Waals surface area contributed by atoms with Crippen molar-refractivity contribution in [2.75, 3.05) is 0 Å². The van der Waals surface area contributed by atoms with Crippen LogP contribution in [0, 0.1) is 12.3 Å². The standard InChI is InChI=1S/C6H12S/c1-5(2)4-6(3)7/h4-6H,1-3H3. The molecule has 0 aliphatic heterocycles. The summed E-state index contributed by atoms with van der Waals surface area (Å²) in [6.45, 7) is 6.31. The van der Waals surface area contributed by atoms with Crippen molar-refractivity contribution < 1.29 is 0 Å². The van der Waals surface area contributed by atoms with Gasteiger partial charge < -0.3 is 0 Å². The molecule has 2 radical (unpaired) electrons. The molecule has 0 aromatic rings. The molecule has 0 aromatic heterocycles. The predicted molar refractivity (Wildman–Crippen MR) is 36.2 cm³/mol. The molecule has 0 aliphatic rings. The Morgan fingerprint density at radius 1 is 1.29 bits per heavy atom. The summed E-state index contributed by atoms with van der Waals surface area (Å²) in [5, 5.41) is 0.333. The van der Waals surface area contributed by atoms with E-state index in [4.69, 9.17) is 12.6 Å². The van der Waals surface area contributed by atoms with Crippen LogP contribution in [0.4, 0.5) is 0 Å². The van der Waals surface area contributed by atoms with Crippen LogP contribution in [0.25, 0.3) is 0 Å². The van der Waals surface area contributed by atoms with Crippen molar-refractivity contribution in [3.05, 3.63) is 6.42 Å². The minimum atomic E-state index is 0.333. The number of rotatable bonds is 2. The highest BCUT2D eigenvalue weighted by atomic mass is 32.1. The van der Waals surface area contributed by atoms with Crippen LogP contribution in [0.5, 0.6) is 0 Å². The van der Waals surface area contributed by atoms with E-state index in [1.54, 1.807) is 0 Å². The molecule has 0 heterocycles. The van der Waals surface area contributed by atoms with Crippen molar-refractivity contribution in [1.29, 1.82) is 0 Å². The highest BCUT2D eigenvalue weighted by molar-refractivity contribution is 7.81. The molecule has 0 aliphatic carbocycles. The Morgan fingerprint density at radius 2 is 1.71 bits per heavy atom. The zero-order chi connectivity index (χ0) is 5.86. The van der Waals surface area contributed by atoms with Gasteiger partial charge in [-0.1, -0.05) is 33.4 Å². The Labute approximate surface area is 51.7 Å². The summed E-state index contributed by atoms with van der Waals surface area (Å²) in [5.74, 6) is 0.646. The first-order chi connectivity index (χ1) is 3.13. The zero-order valence-electron chi connectivity index (χ0n) is 5.14. The fourth-order valence-corrected chi connectivity index (χ4v) is 0.856. The van der Waals surface area contributed by atoms with E-state index in [0.717, 1.165) is 0 Å². The monoisotopic (exact) mass is 116 g/mol. The third-order valence-corrected chi connectivity index (χ3v) is 0.813. The van der Waals surface area contributed by atoms with E-state index in [-0.39, 0.29) is 0 Å². The lowest BCUT2D eigenvalue weighted by Crippen LogP contribution is -1.97. The van der Waals surface area contributed by atoms with Gasteiger partial charge in [0.2, 0.25) is 0 Å². The fraction of sp³-hybridized carbons (Fsp3) is 0.833. The summed E-state index contributed by atoms with van der Waals surface area (Å²) < 4.78 is 0. The third-order valence-electron chi connectivity index (χ3n) is 0.656. The van der Waals surface area contributed by atoms with Crippen molar-refractivity contribution in [1.82, 2.24) is 0 Å². The molecule has 1 unspecified atom stereocenters. The molecule has 0 bridgehead atoms. The second-order valence-corrected chi connectivity index (χ2v) is 2.89. The molecule has 0 saturated carbocycles. The normalized spacial score (nSPS) is 15.0. The predicted octanol–water partition coefficient (Wildman–Crippen LogP) is 2.43. The molecule has 0 fully saturated rings. The van der Waals surface area contributed by atoms with E-state index >= 15 is 0 Å². The fourth-order valence-electron chi connectivity index (χ4n) is 0.542. The Morgan fingerprint density at radius 3 is 1.71 bits per heavy atom. The van der Waals surface area contributed by atoms with Crippen LogP contribution in [0.1, 0.15) is 20.8 Å². The molecule has 0 aromatic carbocycles. The average Bonchev–Trinajstić information content (AvgIpc) is 1.27. The molecule has 0 spiro atoms. The Hall–Kier alpha value is 0.350. The second-order valence-electron chi connectivity index (χ2n) is 2.14. The van der Waals surface area contributed by atoms with Crippen LogP contribution in [0.2, 0.25) is 0 Å². The van der Waals surface area contributed by atoms with Gasteiger partial charge in [-0.05, 0) is 12.3 Å². The van der Waals surface area contributed by atoms with E-state index in [2.05, 4.69) is 20.3 Å². The maximum absolute atomic E-state index is 4.90. The molecule has 0 saturated heterocycles. The first-order valence-electron chi connectivity index (χ1n) is 2.63. The molecule has 0 rings (SSSR count). The van der Waals surface area contributed by atoms with Crippen molar-refractivity contribution in [2.45, 2.75) is 26.0 Å². The Balaban J connectivity index is 2.95. The lowest BCUT2D eigenvalue weighted by molar-refractivity contribution is 0.731. The van der Waals surface area contributed by atoms with Gasteiger partial charge in [-0.15, -0.1) is 0 Å². The topological polar surface area (TPSA) is 0 Å². The minimum Gasteiger partial charge on any atom is -0.0904 e. The first kappa shape index (κ1) is 7.35. The van der Waals surface area contributed by atoms with Crippen LogP contribution in [0.3, 0.4) is 0 Å². The van der Waals surface area contributed by atoms with E-state index < -0.39 is 0 Å². The van der Waals surface area contributed by atoms with Crippen LogP contribution >= 0.6 is 12.6 Å². The van der Waals surface area contributed by atoms with Crippen LogP contribution in [-0.2, 0) is 0 Å². The average molecular weight is 116 g/mol. The molecule has 1 heteroatoms. The second kappa shape index (κ2) is 3.36. The largest absolute Gasteiger partial charge is 0.0904 e. The van der Waals surface area contributed by atoms with Crippen molar-refractivity contribution in [2.24, 2.45) is 5.92 Å². The first-order valence-corrected chi connectivity index (χ1v) is 3.11. The molecule has 0 amide bonds. The van der Waals surface area contributed by atoms with Crippen LogP contribution in [-0.4, -0.2) is 5.25 Å². The summed E-state index contributed by atoms with van der Waals surface area (Å²) in [4.78, 5) is 0. The highest BCUT2D eigenvalue weighted by Gasteiger charge is 1.97. The Bertz CT molecular complexity index is 33.4. The molecule has 0 N–H and O–H groups in total. The molecule has 7 heavy (non-hydrogen) atoms. The van der Waals surface area contributed by atoms with Gasteiger partial charge in [0.25, 0.3) is 0 Å². The summed E-state index contributed by atoms with van der Waals surface area (Å²) >= 11 is 4.90. The third kappa shape index (κ3) is 6.35. The molecule has 42 valence electrons. The smallest absolute Gasteiger partial charge is 0.0157 e. The van der Waals surface area contributed by atoms with Crippen molar-refractivity contribution in [3.8, 4) is 0 Å². The van der Waals surface area contributed by atoms with E-state index in [1.165, 1.54) is 0 Å². The maximum Gasteiger partial charge on any atom is 0.0157 e. The van der Waals surface area contributed by atoms with Crippen LogP contribution < -0.4 is 0 Å². The molecule has 1 atom stereocenters. The number of hydrogen-bond donors (Lipinski definition) is 0. The van der Waals surface area contributed by atoms with Crippen molar-refractivity contribution >= 4 is 12.6 Å². The van der Waals surface area contributed by atoms with Gasteiger partial charge in [0.15, 0.2) is 0 Å². The SMILES string of the molecule is CC(C)[CH]C(C)[S].